The molecule has 3 aromatic rings. The summed E-state index contributed by atoms with van der Waals surface area (Å²) < 4.78 is 12.3. The van der Waals surface area contributed by atoms with Crippen molar-refractivity contribution >= 4 is 23.4 Å². The van der Waals surface area contributed by atoms with Crippen molar-refractivity contribution in [3.05, 3.63) is 62.4 Å². The molecule has 1 atom stereocenters. The Balaban J connectivity index is 1.47. The van der Waals surface area contributed by atoms with Crippen LogP contribution in [0.4, 0.5) is 22.1 Å². The maximum Gasteiger partial charge on any atom is 0.410 e. The molecule has 2 aromatic heterocycles. The third-order valence-corrected chi connectivity index (χ3v) is 6.90. The number of aromatic nitrogens is 4. The Morgan fingerprint density at radius 3 is 2.58 bits per heavy atom. The molecule has 12 heteroatoms. The van der Waals surface area contributed by atoms with Crippen LogP contribution in [-0.4, -0.2) is 68.5 Å². The summed E-state index contributed by atoms with van der Waals surface area (Å²) in [5.41, 5.74) is 1.83. The smallest absolute Gasteiger partial charge is 0.410 e. The quantitative estimate of drug-likeness (QED) is 0.504. The topological polar surface area (TPSA) is 135 Å². The van der Waals surface area contributed by atoms with E-state index in [1.165, 1.54) is 13.1 Å². The van der Waals surface area contributed by atoms with Gasteiger partial charge in [0.2, 0.25) is 0 Å². The number of H-pyrrole nitrogens is 1. The molecule has 40 heavy (non-hydrogen) atoms. The van der Waals surface area contributed by atoms with E-state index in [1.54, 1.807) is 4.90 Å². The molecule has 0 spiro atoms. The second-order valence-electron chi connectivity index (χ2n) is 11.2. The van der Waals surface area contributed by atoms with Crippen LogP contribution < -0.4 is 21.5 Å². The number of nitrogens with zero attached hydrogens (tertiary/aromatic N) is 5. The molecule has 0 bridgehead atoms. The van der Waals surface area contributed by atoms with Gasteiger partial charge in [0.15, 0.2) is 5.82 Å². The first kappa shape index (κ1) is 27.4. The van der Waals surface area contributed by atoms with Crippen molar-refractivity contribution in [2.45, 2.75) is 52.3 Å². The fourth-order valence-electron chi connectivity index (χ4n) is 4.78. The SMILES string of the molecule is CC1COCCN1c1nc(-c2ccc(Nc3cc(=O)n(C)c(=O)[nH]3)cc2)nc2c1CCN(C(=O)OC(C)(C)C)C2. The lowest BCUT2D eigenvalue weighted by atomic mass is 10.0. The van der Waals surface area contributed by atoms with E-state index in [4.69, 9.17) is 19.4 Å². The molecule has 0 radical (unpaired) electrons. The van der Waals surface area contributed by atoms with Gasteiger partial charge in [-0.1, -0.05) is 0 Å². The summed E-state index contributed by atoms with van der Waals surface area (Å²) >= 11 is 0. The van der Waals surface area contributed by atoms with Gasteiger partial charge in [0.25, 0.3) is 5.56 Å². The minimum Gasteiger partial charge on any atom is -0.444 e. The maximum absolute atomic E-state index is 12.8. The van der Waals surface area contributed by atoms with E-state index in [2.05, 4.69) is 22.1 Å². The van der Waals surface area contributed by atoms with Crippen molar-refractivity contribution in [3.63, 3.8) is 0 Å². The van der Waals surface area contributed by atoms with Gasteiger partial charge in [0, 0.05) is 43.0 Å². The largest absolute Gasteiger partial charge is 0.444 e. The van der Waals surface area contributed by atoms with Crippen LogP contribution in [0.1, 0.15) is 39.0 Å². The lowest BCUT2D eigenvalue weighted by molar-refractivity contribution is 0.0220. The summed E-state index contributed by atoms with van der Waals surface area (Å²) in [6, 6.07) is 8.90. The number of fused-ring (bicyclic) bond motifs is 1. The van der Waals surface area contributed by atoms with E-state index >= 15 is 0 Å². The van der Waals surface area contributed by atoms with E-state index in [-0.39, 0.29) is 12.1 Å². The number of aromatic amines is 1. The summed E-state index contributed by atoms with van der Waals surface area (Å²) in [5.74, 6) is 1.73. The number of carbonyl (C=O) groups excluding carboxylic acids is 1. The van der Waals surface area contributed by atoms with Gasteiger partial charge < -0.3 is 24.6 Å². The van der Waals surface area contributed by atoms with Crippen LogP contribution in [0, 0.1) is 0 Å². The number of benzene rings is 1. The standard InChI is InChI=1S/C28H35N7O5/c1-17-16-39-13-12-35(17)25-20-10-11-34(27(38)40-28(2,3)4)15-21(20)30-24(32-25)18-6-8-19(9-7-18)29-22-14-23(36)33(5)26(37)31-22/h6-9,14,17,29H,10-13,15-16H2,1-5H3,(H,31,37). The summed E-state index contributed by atoms with van der Waals surface area (Å²) in [6.07, 6.45) is 0.273. The first-order valence-corrected chi connectivity index (χ1v) is 13.4. The van der Waals surface area contributed by atoms with Gasteiger partial charge in [-0.3, -0.25) is 14.3 Å². The number of hydrogen-bond donors (Lipinski definition) is 2. The molecule has 1 amide bonds. The Morgan fingerprint density at radius 2 is 1.90 bits per heavy atom. The minimum absolute atomic E-state index is 0.150. The van der Waals surface area contributed by atoms with Crippen LogP contribution >= 0.6 is 0 Å². The summed E-state index contributed by atoms with van der Waals surface area (Å²) in [4.78, 5) is 53.3. The predicted octanol–water partition coefficient (Wildman–Crippen LogP) is 2.79. The number of hydrogen-bond acceptors (Lipinski definition) is 9. The fraction of sp³-hybridized carbons (Fsp3) is 0.464. The van der Waals surface area contributed by atoms with Crippen molar-refractivity contribution in [2.75, 3.05) is 36.5 Å². The molecule has 4 heterocycles. The summed E-state index contributed by atoms with van der Waals surface area (Å²) in [6.45, 7) is 10.5. The first-order valence-electron chi connectivity index (χ1n) is 13.4. The van der Waals surface area contributed by atoms with Crippen LogP contribution in [0.15, 0.2) is 39.9 Å². The van der Waals surface area contributed by atoms with Crippen LogP contribution in [-0.2, 0) is 29.5 Å². The Labute approximate surface area is 232 Å². The highest BCUT2D eigenvalue weighted by atomic mass is 16.6. The Bertz CT molecular complexity index is 1490. The second-order valence-corrected chi connectivity index (χ2v) is 11.2. The van der Waals surface area contributed by atoms with Crippen molar-refractivity contribution in [3.8, 4) is 11.4 Å². The molecular weight excluding hydrogens is 514 g/mol. The van der Waals surface area contributed by atoms with Crippen molar-refractivity contribution in [2.24, 2.45) is 7.05 Å². The van der Waals surface area contributed by atoms with E-state index in [0.29, 0.717) is 50.1 Å². The molecule has 2 aliphatic heterocycles. The van der Waals surface area contributed by atoms with Gasteiger partial charge in [0.1, 0.15) is 17.2 Å². The zero-order chi connectivity index (χ0) is 28.6. The number of anilines is 3. The van der Waals surface area contributed by atoms with Gasteiger partial charge in [-0.25, -0.2) is 19.6 Å². The zero-order valence-corrected chi connectivity index (χ0v) is 23.5. The fourth-order valence-corrected chi connectivity index (χ4v) is 4.78. The summed E-state index contributed by atoms with van der Waals surface area (Å²) in [7, 11) is 1.41. The van der Waals surface area contributed by atoms with Crippen LogP contribution in [0.25, 0.3) is 11.4 Å². The number of carbonyl (C=O) groups is 1. The molecule has 0 saturated carbocycles. The average molecular weight is 550 g/mol. The molecule has 0 aliphatic carbocycles. The first-order chi connectivity index (χ1) is 19.0. The molecule has 1 saturated heterocycles. The number of morpholine rings is 1. The van der Waals surface area contributed by atoms with Crippen LogP contribution in [0.2, 0.25) is 0 Å². The van der Waals surface area contributed by atoms with Gasteiger partial charge in [0.05, 0.1) is 31.5 Å². The van der Waals surface area contributed by atoms with Crippen molar-refractivity contribution in [1.82, 2.24) is 24.4 Å². The van der Waals surface area contributed by atoms with Crippen LogP contribution in [0.3, 0.4) is 0 Å². The monoisotopic (exact) mass is 549 g/mol. The average Bonchev–Trinajstić information content (AvgIpc) is 2.90. The van der Waals surface area contributed by atoms with E-state index < -0.39 is 16.9 Å². The molecule has 2 aliphatic rings. The molecule has 2 N–H and O–H groups in total. The molecular formula is C28H35N7O5. The van der Waals surface area contributed by atoms with Gasteiger partial charge in [-0.2, -0.15) is 0 Å². The van der Waals surface area contributed by atoms with Crippen molar-refractivity contribution < 1.29 is 14.3 Å². The molecule has 5 rings (SSSR count). The molecule has 12 nitrogen and oxygen atoms in total. The Kier molecular flexibility index (Phi) is 7.37. The maximum atomic E-state index is 12.8. The molecule has 1 fully saturated rings. The van der Waals surface area contributed by atoms with E-state index in [0.717, 1.165) is 33.8 Å². The highest BCUT2D eigenvalue weighted by molar-refractivity contribution is 5.70. The summed E-state index contributed by atoms with van der Waals surface area (Å²) in [5, 5.41) is 3.06. The second kappa shape index (κ2) is 10.8. The molecule has 1 aromatic carbocycles. The predicted molar refractivity (Wildman–Crippen MR) is 151 cm³/mol. The third kappa shape index (κ3) is 5.86. The number of nitrogens with one attached hydrogen (secondary N) is 2. The van der Waals surface area contributed by atoms with Crippen LogP contribution in [0.5, 0.6) is 0 Å². The highest BCUT2D eigenvalue weighted by Crippen LogP contribution is 2.32. The molecule has 1 unspecified atom stereocenters. The lowest BCUT2D eigenvalue weighted by Crippen LogP contribution is -2.46. The van der Waals surface area contributed by atoms with Gasteiger partial charge in [-0.05, 0) is 58.4 Å². The van der Waals surface area contributed by atoms with Gasteiger partial charge in [-0.15, -0.1) is 0 Å². The van der Waals surface area contributed by atoms with E-state index in [9.17, 15) is 14.4 Å². The van der Waals surface area contributed by atoms with Crippen molar-refractivity contribution in [1.29, 1.82) is 0 Å². The number of amides is 1. The Morgan fingerprint density at radius 1 is 1.15 bits per heavy atom. The zero-order valence-electron chi connectivity index (χ0n) is 23.5. The highest BCUT2D eigenvalue weighted by Gasteiger charge is 2.32. The normalized spacial score (nSPS) is 17.4. The van der Waals surface area contributed by atoms with Gasteiger partial charge >= 0.3 is 11.8 Å². The molecule has 212 valence electrons. The lowest BCUT2D eigenvalue weighted by Gasteiger charge is -2.38. The number of rotatable bonds is 4. The van der Waals surface area contributed by atoms with E-state index in [1.807, 2.05) is 45.0 Å². The third-order valence-electron chi connectivity index (χ3n) is 6.90. The Hall–Kier alpha value is -4.19. The minimum atomic E-state index is -0.585. The number of ether oxygens (including phenoxy) is 2.